The molecule has 2 aromatic carbocycles. The molecule has 0 amide bonds. The number of aromatic nitrogens is 1. The van der Waals surface area contributed by atoms with E-state index < -0.39 is 6.36 Å². The van der Waals surface area contributed by atoms with Crippen molar-refractivity contribution in [1.29, 1.82) is 0 Å². The van der Waals surface area contributed by atoms with Crippen molar-refractivity contribution in [2.45, 2.75) is 33.6 Å². The Kier molecular flexibility index (Phi) is 10.9. The van der Waals surface area contributed by atoms with Crippen LogP contribution in [0.4, 0.5) is 18.9 Å². The van der Waals surface area contributed by atoms with E-state index in [-0.39, 0.29) is 11.6 Å². The lowest BCUT2D eigenvalue weighted by Crippen LogP contribution is -2.44. The molecule has 11 heteroatoms. The van der Waals surface area contributed by atoms with Crippen molar-refractivity contribution < 1.29 is 22.7 Å². The SMILES string of the molecule is CC.CO/N=C(\N=Cc1nc(C)c(Cc2cccc(N3CCN(C)CC3)c2)s1)c1ccc(OC(F)(F)F)cc1. The fourth-order valence-corrected chi connectivity index (χ4v) is 4.91. The number of ether oxygens (including phenoxy) is 1. The van der Waals surface area contributed by atoms with Crippen LogP contribution in [0.1, 0.15) is 40.6 Å². The van der Waals surface area contributed by atoms with Gasteiger partial charge in [-0.1, -0.05) is 31.1 Å². The van der Waals surface area contributed by atoms with Gasteiger partial charge in [0.1, 0.15) is 17.9 Å². The maximum Gasteiger partial charge on any atom is 0.573 e. The molecule has 0 N–H and O–H groups in total. The lowest BCUT2D eigenvalue weighted by molar-refractivity contribution is -0.274. The molecule has 7 nitrogen and oxygen atoms in total. The van der Waals surface area contributed by atoms with Gasteiger partial charge in [0, 0.05) is 48.7 Å². The number of amidine groups is 1. The molecule has 1 saturated heterocycles. The molecule has 39 heavy (non-hydrogen) atoms. The van der Waals surface area contributed by atoms with Gasteiger partial charge in [-0.05, 0) is 55.9 Å². The summed E-state index contributed by atoms with van der Waals surface area (Å²) >= 11 is 1.54. The highest BCUT2D eigenvalue weighted by molar-refractivity contribution is 7.13. The zero-order valence-corrected chi connectivity index (χ0v) is 23.6. The van der Waals surface area contributed by atoms with E-state index in [0.29, 0.717) is 10.6 Å². The number of hydrogen-bond donors (Lipinski definition) is 0. The number of aliphatic imine (C=N–C) groups is 1. The Bertz CT molecular complexity index is 1250. The molecule has 0 atom stereocenters. The van der Waals surface area contributed by atoms with Gasteiger partial charge in [0.25, 0.3) is 0 Å². The topological polar surface area (TPSA) is 62.6 Å². The van der Waals surface area contributed by atoms with E-state index in [2.05, 4.69) is 61.0 Å². The first kappa shape index (κ1) is 30.1. The Morgan fingerprint density at radius 3 is 2.41 bits per heavy atom. The first-order valence-corrected chi connectivity index (χ1v) is 13.5. The minimum Gasteiger partial charge on any atom is -0.406 e. The third-order valence-corrected chi connectivity index (χ3v) is 6.97. The van der Waals surface area contributed by atoms with Crippen molar-refractivity contribution >= 4 is 29.1 Å². The van der Waals surface area contributed by atoms with Gasteiger partial charge >= 0.3 is 6.36 Å². The second kappa shape index (κ2) is 14.1. The van der Waals surface area contributed by atoms with Crippen LogP contribution in [-0.2, 0) is 11.3 Å². The number of alkyl halides is 3. The molecule has 1 aromatic heterocycles. The first-order chi connectivity index (χ1) is 18.7. The van der Waals surface area contributed by atoms with Crippen molar-refractivity contribution in [2.24, 2.45) is 10.1 Å². The minimum absolute atomic E-state index is 0.204. The number of hydrogen-bond acceptors (Lipinski definition) is 7. The molecule has 1 aliphatic rings. The monoisotopic (exact) mass is 561 g/mol. The van der Waals surface area contributed by atoms with Crippen molar-refractivity contribution in [2.75, 3.05) is 45.2 Å². The zero-order valence-electron chi connectivity index (χ0n) is 22.8. The summed E-state index contributed by atoms with van der Waals surface area (Å²) in [6.07, 6.45) is -2.41. The van der Waals surface area contributed by atoms with Crippen molar-refractivity contribution in [1.82, 2.24) is 9.88 Å². The number of halogens is 3. The number of thiazole rings is 1. The smallest absolute Gasteiger partial charge is 0.406 e. The standard InChI is InChI=1S/C26H28F3N5O2S.C2H6/c1-18-23(16-19-5-4-6-21(15-19)34-13-11-33(2)12-14-34)37-24(31-18)17-30-25(32-35-3)20-7-9-22(10-8-20)36-26(27,28)29;1-2/h4-10,15,17H,11-14,16H2,1-3H3;1-2H3/b30-17?,32-25-;. The van der Waals surface area contributed by atoms with Crippen LogP contribution in [0.5, 0.6) is 5.75 Å². The molecule has 210 valence electrons. The molecule has 0 spiro atoms. The highest BCUT2D eigenvalue weighted by atomic mass is 32.1. The normalized spacial score (nSPS) is 14.8. The highest BCUT2D eigenvalue weighted by Crippen LogP contribution is 2.25. The molecule has 0 aliphatic carbocycles. The molecular formula is C28H34F3N5O2S. The maximum absolute atomic E-state index is 12.4. The Balaban J connectivity index is 0.00000205. The Labute approximate surface area is 231 Å². The number of anilines is 1. The van der Waals surface area contributed by atoms with E-state index >= 15 is 0 Å². The van der Waals surface area contributed by atoms with Crippen LogP contribution in [0, 0.1) is 6.92 Å². The summed E-state index contributed by atoms with van der Waals surface area (Å²) in [5.41, 5.74) is 3.85. The number of aryl methyl sites for hydroxylation is 1. The van der Waals surface area contributed by atoms with E-state index in [1.807, 2.05) is 20.8 Å². The largest absolute Gasteiger partial charge is 0.573 e. The molecule has 0 unspecified atom stereocenters. The summed E-state index contributed by atoms with van der Waals surface area (Å²) in [6, 6.07) is 13.9. The minimum atomic E-state index is -4.75. The third kappa shape index (κ3) is 9.07. The van der Waals surface area contributed by atoms with Gasteiger partial charge in [0.2, 0.25) is 0 Å². The van der Waals surface area contributed by atoms with Gasteiger partial charge in [0.05, 0.1) is 11.9 Å². The maximum atomic E-state index is 12.4. The predicted molar refractivity (Wildman–Crippen MR) is 151 cm³/mol. The molecule has 1 fully saturated rings. The van der Waals surface area contributed by atoms with Crippen LogP contribution in [0.2, 0.25) is 0 Å². The third-order valence-electron chi connectivity index (χ3n) is 5.87. The van der Waals surface area contributed by atoms with Gasteiger partial charge in [0.15, 0.2) is 5.84 Å². The van der Waals surface area contributed by atoms with Crippen LogP contribution < -0.4 is 9.64 Å². The number of piperazine rings is 1. The molecule has 0 bridgehead atoms. The number of nitrogens with zero attached hydrogens (tertiary/aromatic N) is 5. The molecule has 0 saturated carbocycles. The number of likely N-dealkylation sites (N-methyl/N-ethyl adjacent to an activating group) is 1. The van der Waals surface area contributed by atoms with E-state index in [0.717, 1.165) is 43.2 Å². The van der Waals surface area contributed by atoms with E-state index in [1.54, 1.807) is 6.21 Å². The molecule has 1 aliphatic heterocycles. The summed E-state index contributed by atoms with van der Waals surface area (Å²) in [4.78, 5) is 19.8. The van der Waals surface area contributed by atoms with Crippen LogP contribution in [0.15, 0.2) is 58.7 Å². The molecular weight excluding hydrogens is 527 g/mol. The first-order valence-electron chi connectivity index (χ1n) is 12.7. The molecule has 4 rings (SSSR count). The second-order valence-electron chi connectivity index (χ2n) is 8.63. The van der Waals surface area contributed by atoms with Crippen molar-refractivity contribution in [3.63, 3.8) is 0 Å². The molecule has 2 heterocycles. The summed E-state index contributed by atoms with van der Waals surface area (Å²) in [6.45, 7) is 10.1. The van der Waals surface area contributed by atoms with Crippen molar-refractivity contribution in [3.8, 4) is 5.75 Å². The molecule has 3 aromatic rings. The fourth-order valence-electron chi connectivity index (χ4n) is 3.94. The van der Waals surface area contributed by atoms with Crippen LogP contribution >= 0.6 is 11.3 Å². The quantitative estimate of drug-likeness (QED) is 0.197. The van der Waals surface area contributed by atoms with Gasteiger partial charge in [-0.15, -0.1) is 24.5 Å². The van der Waals surface area contributed by atoms with Gasteiger partial charge in [-0.3, -0.25) is 0 Å². The summed E-state index contributed by atoms with van der Waals surface area (Å²) in [5, 5.41) is 4.59. The lowest BCUT2D eigenvalue weighted by atomic mass is 10.1. The number of oxime groups is 1. The van der Waals surface area contributed by atoms with Crippen LogP contribution in [0.3, 0.4) is 0 Å². The Morgan fingerprint density at radius 2 is 1.77 bits per heavy atom. The summed E-state index contributed by atoms with van der Waals surface area (Å²) < 4.78 is 41.2. The fraction of sp³-hybridized carbons (Fsp3) is 0.393. The van der Waals surface area contributed by atoms with Crippen LogP contribution in [-0.4, -0.2) is 68.6 Å². The highest BCUT2D eigenvalue weighted by Gasteiger charge is 2.31. The lowest BCUT2D eigenvalue weighted by Gasteiger charge is -2.34. The van der Waals surface area contributed by atoms with E-state index in [9.17, 15) is 13.2 Å². The van der Waals surface area contributed by atoms with E-state index in [4.69, 9.17) is 4.84 Å². The van der Waals surface area contributed by atoms with Crippen LogP contribution in [0.25, 0.3) is 0 Å². The predicted octanol–water partition coefficient (Wildman–Crippen LogP) is 6.15. The Hall–Kier alpha value is -3.44. The average Bonchev–Trinajstić information content (AvgIpc) is 3.26. The summed E-state index contributed by atoms with van der Waals surface area (Å²) in [7, 11) is 3.52. The number of rotatable bonds is 7. The van der Waals surface area contributed by atoms with Gasteiger partial charge in [-0.2, -0.15) is 0 Å². The van der Waals surface area contributed by atoms with Gasteiger partial charge in [-0.25, -0.2) is 9.98 Å². The zero-order chi connectivity index (χ0) is 28.4. The van der Waals surface area contributed by atoms with Crippen molar-refractivity contribution in [3.05, 3.63) is 75.2 Å². The van der Waals surface area contributed by atoms with E-state index in [1.165, 1.54) is 54.0 Å². The average molecular weight is 562 g/mol. The number of benzene rings is 2. The van der Waals surface area contributed by atoms with Gasteiger partial charge < -0.3 is 19.4 Å². The Morgan fingerprint density at radius 1 is 1.08 bits per heavy atom. The second-order valence-corrected chi connectivity index (χ2v) is 9.74. The molecule has 0 radical (unpaired) electrons. The summed E-state index contributed by atoms with van der Waals surface area (Å²) in [5.74, 6) is -0.121.